The zero-order chi connectivity index (χ0) is 20.9. The normalized spacial score (nSPS) is 10.6. The Morgan fingerprint density at radius 3 is 2.07 bits per heavy atom. The summed E-state index contributed by atoms with van der Waals surface area (Å²) in [4.78, 5) is 4.95. The third-order valence-corrected chi connectivity index (χ3v) is 4.42. The fourth-order valence-electron chi connectivity index (χ4n) is 2.34. The molecule has 0 aliphatic heterocycles. The molecular weight excluding hydrogens is 421 g/mol. The highest BCUT2D eigenvalue weighted by Gasteiger charge is 2.30. The first-order valence-corrected chi connectivity index (χ1v) is 9.23. The maximum absolute atomic E-state index is 12.2. The predicted molar refractivity (Wildman–Crippen MR) is 105 cm³/mol. The Labute approximate surface area is 174 Å². The van der Waals surface area contributed by atoms with Gasteiger partial charge in [0.2, 0.25) is 0 Å². The summed E-state index contributed by atoms with van der Waals surface area (Å²) in [5.41, 5.74) is 2.66. The lowest BCUT2D eigenvalue weighted by atomic mass is 10.1. The van der Waals surface area contributed by atoms with E-state index in [1.54, 1.807) is 24.4 Å². The van der Waals surface area contributed by atoms with Gasteiger partial charge < -0.3 is 4.74 Å². The van der Waals surface area contributed by atoms with Gasteiger partial charge in [-0.15, -0.1) is 13.2 Å². The van der Waals surface area contributed by atoms with E-state index in [9.17, 15) is 13.2 Å². The van der Waals surface area contributed by atoms with Crippen LogP contribution in [-0.2, 0) is 0 Å². The van der Waals surface area contributed by atoms with Crippen LogP contribution in [0, 0.1) is 22.5 Å². The first-order chi connectivity index (χ1) is 13.8. The van der Waals surface area contributed by atoms with Crippen molar-refractivity contribution < 1.29 is 17.9 Å². The topological polar surface area (TPSA) is 45.9 Å². The molecule has 0 radical (unpaired) electrons. The summed E-state index contributed by atoms with van der Waals surface area (Å²) in [6.07, 6.45) is -3.14. The van der Waals surface area contributed by atoms with Crippen LogP contribution in [-0.4, -0.2) is 11.3 Å². The number of pyridine rings is 1. The molecule has 2 aromatic carbocycles. The molecule has 0 fully saturated rings. The van der Waals surface area contributed by atoms with Crippen LogP contribution in [0.4, 0.5) is 13.2 Å². The van der Waals surface area contributed by atoms with Gasteiger partial charge in [0.05, 0.1) is 10.7 Å². The van der Waals surface area contributed by atoms with E-state index in [0.717, 1.165) is 22.9 Å². The van der Waals surface area contributed by atoms with Gasteiger partial charge in [0.1, 0.15) is 11.2 Å². The van der Waals surface area contributed by atoms with Gasteiger partial charge in [0, 0.05) is 27.8 Å². The molecule has 0 atom stereocenters. The quantitative estimate of drug-likeness (QED) is 0.279. The molecule has 1 heterocycles. The lowest BCUT2D eigenvalue weighted by Gasteiger charge is -2.08. The number of benzene rings is 2. The highest BCUT2D eigenvalue weighted by atomic mass is 35.5. The Balaban J connectivity index is 1.73. The van der Waals surface area contributed by atoms with Crippen LogP contribution in [0.3, 0.4) is 0 Å². The monoisotopic (exact) mass is 430 g/mol. The molecule has 3 rings (SSSR count). The lowest BCUT2D eigenvalue weighted by Crippen LogP contribution is -2.16. The van der Waals surface area contributed by atoms with Crippen LogP contribution in [0.15, 0.2) is 65.7 Å². The van der Waals surface area contributed by atoms with Crippen molar-refractivity contribution in [3.05, 3.63) is 76.9 Å². The molecule has 3 aromatic rings. The summed E-state index contributed by atoms with van der Waals surface area (Å²) in [5, 5.41) is 11.1. The predicted octanol–water partition coefficient (Wildman–Crippen LogP) is 6.27. The fourth-order valence-corrected chi connectivity index (χ4v) is 3.06. The van der Waals surface area contributed by atoms with E-state index in [-0.39, 0.29) is 5.75 Å². The number of rotatable bonds is 3. The van der Waals surface area contributed by atoms with Crippen molar-refractivity contribution >= 4 is 23.4 Å². The number of hydrogen-bond donors (Lipinski definition) is 0. The number of halogens is 4. The van der Waals surface area contributed by atoms with Gasteiger partial charge in [0.25, 0.3) is 0 Å². The molecule has 144 valence electrons. The summed E-state index contributed by atoms with van der Waals surface area (Å²) in [5.74, 6) is 5.53. The van der Waals surface area contributed by atoms with E-state index < -0.39 is 6.36 Å². The number of nitriles is 1. The van der Waals surface area contributed by atoms with Gasteiger partial charge >= 0.3 is 6.36 Å². The van der Waals surface area contributed by atoms with Gasteiger partial charge in [-0.2, -0.15) is 5.26 Å². The van der Waals surface area contributed by atoms with Gasteiger partial charge in [-0.25, -0.2) is 0 Å². The number of aromatic nitrogens is 1. The van der Waals surface area contributed by atoms with Crippen LogP contribution in [0.1, 0.15) is 11.1 Å². The van der Waals surface area contributed by atoms with Crippen molar-refractivity contribution in [2.75, 3.05) is 0 Å². The average Bonchev–Trinajstić information content (AvgIpc) is 2.67. The standard InChI is InChI=1S/C21H10ClF3N2OS/c22-19-11-18(29-13-26)12-27-20(19)16-7-3-14(4-8-16)1-2-15-5-9-17(10-6-15)28-21(23,24)25/h3-12H. The van der Waals surface area contributed by atoms with E-state index in [1.165, 1.54) is 24.3 Å². The molecule has 0 amide bonds. The third-order valence-electron chi connectivity index (χ3n) is 3.58. The molecule has 0 saturated carbocycles. The van der Waals surface area contributed by atoms with Gasteiger partial charge in [-0.05, 0) is 54.2 Å². The Hall–Kier alpha value is -3.13. The summed E-state index contributed by atoms with van der Waals surface area (Å²) >= 11 is 7.22. The number of nitrogens with zero attached hydrogens (tertiary/aromatic N) is 2. The summed E-state index contributed by atoms with van der Waals surface area (Å²) < 4.78 is 40.3. The molecule has 0 bridgehead atoms. The van der Waals surface area contributed by atoms with Crippen molar-refractivity contribution in [1.82, 2.24) is 4.98 Å². The molecule has 3 nitrogen and oxygen atoms in total. The third kappa shape index (κ3) is 5.92. The van der Waals surface area contributed by atoms with Crippen LogP contribution < -0.4 is 4.74 Å². The number of thioether (sulfide) groups is 1. The number of ether oxygens (including phenoxy) is 1. The largest absolute Gasteiger partial charge is 0.573 e. The minimum absolute atomic E-state index is 0.295. The maximum atomic E-state index is 12.2. The summed E-state index contributed by atoms with van der Waals surface area (Å²) in [6, 6.07) is 14.2. The fraction of sp³-hybridized carbons (Fsp3) is 0.0476. The second kappa shape index (κ2) is 8.91. The molecule has 0 aliphatic carbocycles. The molecule has 0 unspecified atom stereocenters. The molecular formula is C21H10ClF3N2OS. The van der Waals surface area contributed by atoms with Crippen molar-refractivity contribution in [3.8, 4) is 34.2 Å². The first kappa shape index (κ1) is 20.6. The Bertz CT molecular complexity index is 1110. The highest BCUT2D eigenvalue weighted by Crippen LogP contribution is 2.29. The summed E-state index contributed by atoms with van der Waals surface area (Å²) in [6.45, 7) is 0. The molecule has 29 heavy (non-hydrogen) atoms. The van der Waals surface area contributed by atoms with Crippen LogP contribution in [0.2, 0.25) is 5.02 Å². The second-order valence-corrected chi connectivity index (χ2v) is 6.86. The molecule has 0 aliphatic rings. The molecule has 8 heteroatoms. The number of alkyl halides is 3. The van der Waals surface area contributed by atoms with Crippen molar-refractivity contribution in [2.24, 2.45) is 0 Å². The van der Waals surface area contributed by atoms with Crippen molar-refractivity contribution in [2.45, 2.75) is 11.3 Å². The Morgan fingerprint density at radius 1 is 0.966 bits per heavy atom. The maximum Gasteiger partial charge on any atom is 0.573 e. The SMILES string of the molecule is N#CSc1cnc(-c2ccc(C#Cc3ccc(OC(F)(F)F)cc3)cc2)c(Cl)c1. The smallest absolute Gasteiger partial charge is 0.406 e. The second-order valence-electron chi connectivity index (χ2n) is 5.59. The molecule has 1 aromatic heterocycles. The average molecular weight is 431 g/mol. The van der Waals surface area contributed by atoms with Crippen LogP contribution in [0.25, 0.3) is 11.3 Å². The minimum atomic E-state index is -4.72. The van der Waals surface area contributed by atoms with E-state index in [0.29, 0.717) is 21.2 Å². The zero-order valence-corrected chi connectivity index (χ0v) is 16.1. The molecule has 0 saturated heterocycles. The van der Waals surface area contributed by atoms with E-state index >= 15 is 0 Å². The van der Waals surface area contributed by atoms with E-state index in [2.05, 4.69) is 21.6 Å². The number of thiocyanates is 1. The lowest BCUT2D eigenvalue weighted by molar-refractivity contribution is -0.274. The molecule has 0 spiro atoms. The Kier molecular flexibility index (Phi) is 6.33. The van der Waals surface area contributed by atoms with Crippen molar-refractivity contribution in [1.29, 1.82) is 5.26 Å². The van der Waals surface area contributed by atoms with Gasteiger partial charge in [0.15, 0.2) is 0 Å². The van der Waals surface area contributed by atoms with Crippen LogP contribution in [0.5, 0.6) is 5.75 Å². The van der Waals surface area contributed by atoms with Gasteiger partial charge in [-0.3, -0.25) is 4.98 Å². The van der Waals surface area contributed by atoms with Crippen molar-refractivity contribution in [3.63, 3.8) is 0 Å². The minimum Gasteiger partial charge on any atom is -0.406 e. The van der Waals surface area contributed by atoms with Gasteiger partial charge in [-0.1, -0.05) is 35.6 Å². The summed E-state index contributed by atoms with van der Waals surface area (Å²) in [7, 11) is 0. The first-order valence-electron chi connectivity index (χ1n) is 8.04. The molecule has 0 N–H and O–H groups in total. The highest BCUT2D eigenvalue weighted by molar-refractivity contribution is 8.03. The number of hydrogen-bond acceptors (Lipinski definition) is 4. The Morgan fingerprint density at radius 2 is 1.55 bits per heavy atom. The zero-order valence-electron chi connectivity index (χ0n) is 14.5. The van der Waals surface area contributed by atoms with E-state index in [4.69, 9.17) is 16.9 Å². The van der Waals surface area contributed by atoms with Crippen LogP contribution >= 0.6 is 23.4 Å². The van der Waals surface area contributed by atoms with E-state index in [1.807, 2.05) is 17.5 Å².